The lowest BCUT2D eigenvalue weighted by atomic mass is 10.1. The van der Waals surface area contributed by atoms with Gasteiger partial charge in [0.15, 0.2) is 0 Å². The molecule has 0 radical (unpaired) electrons. The first-order valence-electron chi connectivity index (χ1n) is 9.96. The van der Waals surface area contributed by atoms with Crippen molar-refractivity contribution in [3.8, 4) is 11.1 Å². The summed E-state index contributed by atoms with van der Waals surface area (Å²) >= 11 is 0. The Labute approximate surface area is 177 Å². The Balaban J connectivity index is 1.70. The van der Waals surface area contributed by atoms with Gasteiger partial charge in [-0.2, -0.15) is 5.10 Å². The standard InChI is InChI=1S/C22H30N4O4/c1-22(2,3)30-21(28)26-13-18(19(14-26)29-6)25(5)20(27)16-9-7-15(8-10-16)17-11-23-24(4)12-17/h7-12,18-19H,13-14H2,1-6H3/t18-,19-/m1/s1. The maximum Gasteiger partial charge on any atom is 0.410 e. The van der Waals surface area contributed by atoms with Gasteiger partial charge in [-0.25, -0.2) is 4.79 Å². The van der Waals surface area contributed by atoms with Crippen molar-refractivity contribution >= 4 is 12.0 Å². The SMILES string of the molecule is CO[C@@H]1CN(C(=O)OC(C)(C)C)C[C@H]1N(C)C(=O)c1ccc(-c2cnn(C)c2)cc1. The van der Waals surface area contributed by atoms with Gasteiger partial charge in [-0.05, 0) is 38.5 Å². The number of rotatable bonds is 4. The molecule has 1 aromatic heterocycles. The monoisotopic (exact) mass is 414 g/mol. The van der Waals surface area contributed by atoms with Gasteiger partial charge in [0.25, 0.3) is 5.91 Å². The molecule has 1 saturated heterocycles. The highest BCUT2D eigenvalue weighted by Crippen LogP contribution is 2.23. The molecule has 0 spiro atoms. The van der Waals surface area contributed by atoms with Crippen LogP contribution in [0.25, 0.3) is 11.1 Å². The minimum absolute atomic E-state index is 0.120. The van der Waals surface area contributed by atoms with E-state index in [1.54, 1.807) is 34.8 Å². The number of likely N-dealkylation sites (N-methyl/N-ethyl adjacent to an activating group) is 1. The molecule has 3 rings (SSSR count). The van der Waals surface area contributed by atoms with E-state index < -0.39 is 11.7 Å². The largest absolute Gasteiger partial charge is 0.444 e. The summed E-state index contributed by atoms with van der Waals surface area (Å²) in [4.78, 5) is 28.8. The zero-order valence-electron chi connectivity index (χ0n) is 18.5. The minimum Gasteiger partial charge on any atom is -0.444 e. The number of aromatic nitrogens is 2. The molecule has 1 aliphatic heterocycles. The van der Waals surface area contributed by atoms with Crippen molar-refractivity contribution < 1.29 is 19.1 Å². The highest BCUT2D eigenvalue weighted by molar-refractivity contribution is 5.95. The predicted molar refractivity (Wildman–Crippen MR) is 113 cm³/mol. The van der Waals surface area contributed by atoms with Crippen LogP contribution in [0.3, 0.4) is 0 Å². The van der Waals surface area contributed by atoms with E-state index in [1.807, 2.05) is 58.3 Å². The summed E-state index contributed by atoms with van der Waals surface area (Å²) in [6.07, 6.45) is 3.04. The zero-order chi connectivity index (χ0) is 22.1. The molecule has 2 aromatic rings. The topological polar surface area (TPSA) is 76.9 Å². The van der Waals surface area contributed by atoms with Gasteiger partial charge in [-0.1, -0.05) is 12.1 Å². The molecule has 1 aromatic carbocycles. The number of likely N-dealkylation sites (tertiary alicyclic amines) is 1. The van der Waals surface area contributed by atoms with Crippen LogP contribution in [-0.2, 0) is 16.5 Å². The smallest absolute Gasteiger partial charge is 0.410 e. The van der Waals surface area contributed by atoms with Crippen LogP contribution < -0.4 is 0 Å². The fraction of sp³-hybridized carbons (Fsp3) is 0.500. The lowest BCUT2D eigenvalue weighted by Gasteiger charge is -2.28. The van der Waals surface area contributed by atoms with Crippen molar-refractivity contribution in [2.24, 2.45) is 7.05 Å². The molecular formula is C22H30N4O4. The van der Waals surface area contributed by atoms with Crippen molar-refractivity contribution in [2.45, 2.75) is 38.5 Å². The number of ether oxygens (including phenoxy) is 2. The number of methoxy groups -OCH3 is 1. The maximum atomic E-state index is 13.1. The second-order valence-corrected chi connectivity index (χ2v) is 8.62. The predicted octanol–water partition coefficient (Wildman–Crippen LogP) is 2.79. The van der Waals surface area contributed by atoms with Gasteiger partial charge in [0, 0.05) is 45.1 Å². The van der Waals surface area contributed by atoms with Gasteiger partial charge >= 0.3 is 6.09 Å². The summed E-state index contributed by atoms with van der Waals surface area (Å²) < 4.78 is 12.8. The summed E-state index contributed by atoms with van der Waals surface area (Å²) in [6, 6.07) is 7.18. The van der Waals surface area contributed by atoms with Crippen LogP contribution in [0.5, 0.6) is 0 Å². The average Bonchev–Trinajstić information content (AvgIpc) is 3.32. The van der Waals surface area contributed by atoms with Gasteiger partial charge in [0.1, 0.15) is 5.60 Å². The first-order valence-corrected chi connectivity index (χ1v) is 9.96. The van der Waals surface area contributed by atoms with E-state index in [2.05, 4.69) is 5.10 Å². The molecular weight excluding hydrogens is 384 g/mol. The molecule has 0 N–H and O–H groups in total. The summed E-state index contributed by atoms with van der Waals surface area (Å²) in [5.41, 5.74) is 1.99. The number of aryl methyl sites for hydroxylation is 1. The second-order valence-electron chi connectivity index (χ2n) is 8.62. The first-order chi connectivity index (χ1) is 14.1. The summed E-state index contributed by atoms with van der Waals surface area (Å²) in [5.74, 6) is -0.120. The number of hydrogen-bond acceptors (Lipinski definition) is 5. The highest BCUT2D eigenvalue weighted by atomic mass is 16.6. The third kappa shape index (κ3) is 4.81. The Morgan fingerprint density at radius 3 is 2.33 bits per heavy atom. The highest BCUT2D eigenvalue weighted by Gasteiger charge is 2.41. The molecule has 0 saturated carbocycles. The number of benzene rings is 1. The maximum absolute atomic E-state index is 13.1. The molecule has 1 fully saturated rings. The molecule has 2 heterocycles. The Morgan fingerprint density at radius 1 is 1.13 bits per heavy atom. The molecule has 8 nitrogen and oxygen atoms in total. The molecule has 1 aliphatic rings. The van der Waals surface area contributed by atoms with Crippen molar-refractivity contribution in [3.63, 3.8) is 0 Å². The van der Waals surface area contributed by atoms with Gasteiger partial charge in [0.2, 0.25) is 0 Å². The van der Waals surface area contributed by atoms with E-state index in [1.165, 1.54) is 0 Å². The van der Waals surface area contributed by atoms with Crippen LogP contribution in [0.1, 0.15) is 31.1 Å². The minimum atomic E-state index is -0.574. The fourth-order valence-electron chi connectivity index (χ4n) is 3.57. The quantitative estimate of drug-likeness (QED) is 0.769. The van der Waals surface area contributed by atoms with E-state index in [4.69, 9.17) is 9.47 Å². The third-order valence-electron chi connectivity index (χ3n) is 5.18. The van der Waals surface area contributed by atoms with Crippen LogP contribution in [0.2, 0.25) is 0 Å². The molecule has 8 heteroatoms. The van der Waals surface area contributed by atoms with Gasteiger partial charge in [-0.15, -0.1) is 0 Å². The number of hydrogen-bond donors (Lipinski definition) is 0. The van der Waals surface area contributed by atoms with Crippen LogP contribution in [-0.4, -0.2) is 76.6 Å². The summed E-state index contributed by atoms with van der Waals surface area (Å²) in [6.45, 7) is 6.24. The van der Waals surface area contributed by atoms with E-state index >= 15 is 0 Å². The number of carbonyl (C=O) groups excluding carboxylic acids is 2. The van der Waals surface area contributed by atoms with Crippen LogP contribution >= 0.6 is 0 Å². The first kappa shape index (κ1) is 21.8. The van der Waals surface area contributed by atoms with Crippen molar-refractivity contribution in [1.29, 1.82) is 0 Å². The van der Waals surface area contributed by atoms with Crippen molar-refractivity contribution in [1.82, 2.24) is 19.6 Å². The number of nitrogens with zero attached hydrogens (tertiary/aromatic N) is 4. The summed E-state index contributed by atoms with van der Waals surface area (Å²) in [7, 11) is 5.20. The Hall–Kier alpha value is -2.87. The van der Waals surface area contributed by atoms with Gasteiger partial charge in [-0.3, -0.25) is 9.48 Å². The van der Waals surface area contributed by atoms with E-state index in [0.29, 0.717) is 18.7 Å². The molecule has 2 atom stereocenters. The number of amides is 2. The zero-order valence-corrected chi connectivity index (χ0v) is 18.5. The second kappa shape index (κ2) is 8.47. The Kier molecular flexibility index (Phi) is 6.17. The van der Waals surface area contributed by atoms with Gasteiger partial charge in [0.05, 0.1) is 24.9 Å². The third-order valence-corrected chi connectivity index (χ3v) is 5.18. The van der Waals surface area contributed by atoms with Crippen LogP contribution in [0.4, 0.5) is 4.79 Å². The summed E-state index contributed by atoms with van der Waals surface area (Å²) in [5, 5.41) is 4.18. The van der Waals surface area contributed by atoms with Crippen molar-refractivity contribution in [3.05, 3.63) is 42.2 Å². The van der Waals surface area contributed by atoms with E-state index in [0.717, 1.165) is 11.1 Å². The average molecular weight is 415 g/mol. The molecule has 2 amide bonds. The normalized spacial score (nSPS) is 19.1. The van der Waals surface area contributed by atoms with Crippen LogP contribution in [0.15, 0.2) is 36.7 Å². The van der Waals surface area contributed by atoms with Crippen molar-refractivity contribution in [2.75, 3.05) is 27.2 Å². The van der Waals surface area contributed by atoms with E-state index in [-0.39, 0.29) is 18.1 Å². The lowest BCUT2D eigenvalue weighted by molar-refractivity contribution is 0.0249. The molecule has 162 valence electrons. The van der Waals surface area contributed by atoms with Crippen LogP contribution in [0, 0.1) is 0 Å². The Bertz CT molecular complexity index is 901. The van der Waals surface area contributed by atoms with E-state index in [9.17, 15) is 9.59 Å². The van der Waals surface area contributed by atoms with Gasteiger partial charge < -0.3 is 19.3 Å². The lowest BCUT2D eigenvalue weighted by Crippen LogP contribution is -2.45. The molecule has 0 bridgehead atoms. The Morgan fingerprint density at radius 2 is 1.80 bits per heavy atom. The molecule has 0 aliphatic carbocycles. The molecule has 30 heavy (non-hydrogen) atoms. The molecule has 0 unspecified atom stereocenters. The fourth-order valence-corrected chi connectivity index (χ4v) is 3.57. The number of carbonyl (C=O) groups is 2.